The molecule has 31 heavy (non-hydrogen) atoms. The third-order valence-corrected chi connectivity index (χ3v) is 5.47. The lowest BCUT2D eigenvalue weighted by molar-refractivity contribution is 0.0673. The van der Waals surface area contributed by atoms with Crippen molar-refractivity contribution in [2.45, 2.75) is 19.4 Å². The quantitative estimate of drug-likeness (QED) is 0.601. The van der Waals surface area contributed by atoms with Gasteiger partial charge in [-0.25, -0.2) is 13.2 Å². The van der Waals surface area contributed by atoms with Crippen molar-refractivity contribution in [3.05, 3.63) is 70.9 Å². The molecule has 8 heteroatoms. The van der Waals surface area contributed by atoms with Crippen molar-refractivity contribution in [1.29, 1.82) is 0 Å². The van der Waals surface area contributed by atoms with Gasteiger partial charge in [0.05, 0.1) is 17.4 Å². The Labute approximate surface area is 178 Å². The number of aromatic nitrogens is 2. The smallest absolute Gasteiger partial charge is 0.254 e. The Kier molecular flexibility index (Phi) is 5.71. The molecule has 1 aliphatic heterocycles. The van der Waals surface area contributed by atoms with E-state index in [9.17, 15) is 18.0 Å². The van der Waals surface area contributed by atoms with Crippen LogP contribution in [0.1, 0.15) is 34.6 Å². The maximum absolute atomic E-state index is 13.8. The van der Waals surface area contributed by atoms with E-state index < -0.39 is 18.3 Å². The van der Waals surface area contributed by atoms with Gasteiger partial charge in [-0.1, -0.05) is 6.07 Å². The van der Waals surface area contributed by atoms with Crippen molar-refractivity contribution in [1.82, 2.24) is 14.7 Å². The van der Waals surface area contributed by atoms with Crippen molar-refractivity contribution in [3.8, 4) is 17.0 Å². The second-order valence-corrected chi connectivity index (χ2v) is 7.48. The van der Waals surface area contributed by atoms with Crippen molar-refractivity contribution >= 4 is 5.91 Å². The van der Waals surface area contributed by atoms with Crippen molar-refractivity contribution in [2.75, 3.05) is 19.8 Å². The van der Waals surface area contributed by atoms with Crippen molar-refractivity contribution in [2.24, 2.45) is 7.05 Å². The van der Waals surface area contributed by atoms with Crippen LogP contribution in [0.2, 0.25) is 0 Å². The topological polar surface area (TPSA) is 47.4 Å². The maximum Gasteiger partial charge on any atom is 0.254 e. The zero-order valence-corrected chi connectivity index (χ0v) is 17.2. The molecular formula is C23H22F3N3O2. The summed E-state index contributed by atoms with van der Waals surface area (Å²) in [6.07, 6.45) is 0.505. The molecule has 3 aromatic rings. The fourth-order valence-electron chi connectivity index (χ4n) is 4.11. The number of rotatable bonds is 5. The third-order valence-electron chi connectivity index (χ3n) is 5.47. The highest BCUT2D eigenvalue weighted by Gasteiger charge is 2.33. The Morgan fingerprint density at radius 2 is 1.94 bits per heavy atom. The molecule has 1 aromatic heterocycles. The van der Waals surface area contributed by atoms with Gasteiger partial charge in [0.15, 0.2) is 0 Å². The van der Waals surface area contributed by atoms with E-state index in [1.54, 1.807) is 40.9 Å². The summed E-state index contributed by atoms with van der Waals surface area (Å²) in [5.74, 6) is -1.06. The van der Waals surface area contributed by atoms with Gasteiger partial charge in [-0.2, -0.15) is 5.10 Å². The molecule has 0 radical (unpaired) electrons. The SMILES string of the molecule is CC1c2nn(C)c(-c3cc(F)cc(F)c3)c2CCN1C(=O)c1cccc(OCCF)c1. The molecule has 1 aliphatic rings. The molecule has 0 aliphatic carbocycles. The number of carbonyl (C=O) groups excluding carboxylic acids is 1. The predicted molar refractivity (Wildman–Crippen MR) is 110 cm³/mol. The van der Waals surface area contributed by atoms with Gasteiger partial charge in [0, 0.05) is 36.3 Å². The van der Waals surface area contributed by atoms with Crippen LogP contribution in [0.15, 0.2) is 42.5 Å². The van der Waals surface area contributed by atoms with Crippen LogP contribution in [0.5, 0.6) is 5.75 Å². The average molecular weight is 429 g/mol. The first-order chi connectivity index (χ1) is 14.9. The molecule has 0 spiro atoms. The standard InChI is InChI=1S/C23H22F3N3O2/c1-14-21-20(22(28(2)27-21)16-10-17(25)13-18(26)11-16)6-8-29(14)23(30)15-4-3-5-19(12-15)31-9-7-24/h3-5,10-14H,6-9H2,1-2H3. The lowest BCUT2D eigenvalue weighted by Crippen LogP contribution is -2.38. The normalized spacial score (nSPS) is 15.6. The second-order valence-electron chi connectivity index (χ2n) is 7.48. The molecule has 4 rings (SSSR count). The first-order valence-electron chi connectivity index (χ1n) is 10.0. The minimum atomic E-state index is -0.652. The fraction of sp³-hybridized carbons (Fsp3) is 0.304. The number of hydrogen-bond donors (Lipinski definition) is 0. The van der Waals surface area contributed by atoms with E-state index in [-0.39, 0.29) is 18.6 Å². The van der Waals surface area contributed by atoms with Gasteiger partial charge >= 0.3 is 0 Å². The number of benzene rings is 2. The Balaban J connectivity index is 1.64. The zero-order chi connectivity index (χ0) is 22.1. The molecule has 0 bridgehead atoms. The molecule has 0 fully saturated rings. The summed E-state index contributed by atoms with van der Waals surface area (Å²) in [4.78, 5) is 14.9. The summed E-state index contributed by atoms with van der Waals surface area (Å²) >= 11 is 0. The molecule has 1 unspecified atom stereocenters. The molecule has 1 amide bonds. The Bertz CT molecular complexity index is 1110. The van der Waals surface area contributed by atoms with Crippen LogP contribution in [0, 0.1) is 11.6 Å². The van der Waals surface area contributed by atoms with Gasteiger partial charge in [0.1, 0.15) is 30.7 Å². The summed E-state index contributed by atoms with van der Waals surface area (Å²) in [6.45, 7) is 1.63. The number of alkyl halides is 1. The maximum atomic E-state index is 13.8. The number of halogens is 3. The molecule has 0 N–H and O–H groups in total. The minimum absolute atomic E-state index is 0.0709. The van der Waals surface area contributed by atoms with E-state index in [0.29, 0.717) is 41.2 Å². The van der Waals surface area contributed by atoms with E-state index in [4.69, 9.17) is 4.74 Å². The van der Waals surface area contributed by atoms with Crippen LogP contribution in [-0.2, 0) is 13.5 Å². The first kappa shape index (κ1) is 21.0. The number of hydrogen-bond acceptors (Lipinski definition) is 3. The largest absolute Gasteiger partial charge is 0.491 e. The van der Waals surface area contributed by atoms with Crippen molar-refractivity contribution < 1.29 is 22.7 Å². The first-order valence-corrected chi connectivity index (χ1v) is 10.0. The predicted octanol–water partition coefficient (Wildman–Crippen LogP) is 4.47. The van der Waals surface area contributed by atoms with Gasteiger partial charge in [0.25, 0.3) is 5.91 Å². The summed E-state index contributed by atoms with van der Waals surface area (Å²) in [5.41, 5.74) is 3.08. The Morgan fingerprint density at radius 1 is 1.19 bits per heavy atom. The van der Waals surface area contributed by atoms with E-state index in [1.807, 2.05) is 6.92 Å². The summed E-state index contributed by atoms with van der Waals surface area (Å²) in [5, 5.41) is 4.56. The van der Waals surface area contributed by atoms with Gasteiger partial charge in [-0.15, -0.1) is 0 Å². The van der Waals surface area contributed by atoms with Gasteiger partial charge in [0.2, 0.25) is 0 Å². The van der Waals surface area contributed by atoms with Gasteiger partial charge in [-0.05, 0) is 43.7 Å². The van der Waals surface area contributed by atoms with Crippen LogP contribution >= 0.6 is 0 Å². The van der Waals surface area contributed by atoms with Gasteiger partial charge in [-0.3, -0.25) is 9.48 Å². The Morgan fingerprint density at radius 3 is 2.65 bits per heavy atom. The van der Waals surface area contributed by atoms with E-state index in [2.05, 4.69) is 5.10 Å². The monoisotopic (exact) mass is 429 g/mol. The van der Waals surface area contributed by atoms with Crippen molar-refractivity contribution in [3.63, 3.8) is 0 Å². The number of fused-ring (bicyclic) bond motifs is 1. The second kappa shape index (κ2) is 8.45. The van der Waals surface area contributed by atoms with E-state index >= 15 is 0 Å². The van der Waals surface area contributed by atoms with Crippen LogP contribution < -0.4 is 4.74 Å². The number of carbonyl (C=O) groups is 1. The molecule has 5 nitrogen and oxygen atoms in total. The summed E-state index contributed by atoms with van der Waals surface area (Å²) in [6, 6.07) is 9.72. The van der Waals surface area contributed by atoms with Crippen LogP contribution in [0.25, 0.3) is 11.3 Å². The third kappa shape index (κ3) is 4.02. The molecule has 162 valence electrons. The zero-order valence-electron chi connectivity index (χ0n) is 17.2. The highest BCUT2D eigenvalue weighted by atomic mass is 19.1. The number of aryl methyl sites for hydroxylation is 1. The van der Waals surface area contributed by atoms with E-state index in [0.717, 1.165) is 11.6 Å². The molecule has 0 saturated heterocycles. The summed E-state index contributed by atoms with van der Waals surface area (Å²) in [7, 11) is 1.72. The lowest BCUT2D eigenvalue weighted by atomic mass is 9.95. The van der Waals surface area contributed by atoms with Gasteiger partial charge < -0.3 is 9.64 Å². The van der Waals surface area contributed by atoms with Crippen LogP contribution in [0.4, 0.5) is 13.2 Å². The molecule has 1 atom stereocenters. The lowest BCUT2D eigenvalue weighted by Gasteiger charge is -2.33. The highest BCUT2D eigenvalue weighted by Crippen LogP contribution is 2.36. The number of ether oxygens (including phenoxy) is 1. The number of nitrogens with zero attached hydrogens (tertiary/aromatic N) is 3. The van der Waals surface area contributed by atoms with Crippen LogP contribution in [-0.4, -0.2) is 40.4 Å². The van der Waals surface area contributed by atoms with E-state index in [1.165, 1.54) is 12.1 Å². The molecular weight excluding hydrogens is 407 g/mol. The molecule has 2 aromatic carbocycles. The highest BCUT2D eigenvalue weighted by molar-refractivity contribution is 5.95. The number of amides is 1. The fourth-order valence-corrected chi connectivity index (χ4v) is 4.11. The molecule has 0 saturated carbocycles. The summed E-state index contributed by atoms with van der Waals surface area (Å²) < 4.78 is 46.8. The minimum Gasteiger partial charge on any atom is -0.491 e. The average Bonchev–Trinajstić information content (AvgIpc) is 3.08. The Hall–Kier alpha value is -3.29. The molecule has 2 heterocycles. The van der Waals surface area contributed by atoms with Crippen LogP contribution in [0.3, 0.4) is 0 Å².